The molecule has 0 N–H and O–H groups in total. The van der Waals surface area contributed by atoms with Gasteiger partial charge in [0.1, 0.15) is 0 Å². The van der Waals surface area contributed by atoms with Crippen molar-refractivity contribution in [3.63, 3.8) is 0 Å². The van der Waals surface area contributed by atoms with E-state index in [-0.39, 0.29) is 11.7 Å². The smallest absolute Gasteiger partial charge is 0.255 e. The van der Waals surface area contributed by atoms with Crippen molar-refractivity contribution < 1.29 is 4.74 Å². The lowest BCUT2D eigenvalue weighted by Gasteiger charge is -2.25. The summed E-state index contributed by atoms with van der Waals surface area (Å²) in [4.78, 5) is 19.6. The summed E-state index contributed by atoms with van der Waals surface area (Å²) in [5, 5.41) is 1.09. The molecule has 0 bridgehead atoms. The number of ether oxygens (including phenoxy) is 1. The molecule has 1 aliphatic heterocycles. The molecule has 1 saturated heterocycles. The molecule has 5 heteroatoms. The van der Waals surface area contributed by atoms with E-state index in [1.54, 1.807) is 4.57 Å². The first-order valence-electron chi connectivity index (χ1n) is 9.52. The number of benzene rings is 1. The van der Waals surface area contributed by atoms with Crippen LogP contribution in [-0.2, 0) is 24.9 Å². The fourth-order valence-electron chi connectivity index (χ4n) is 3.83. The van der Waals surface area contributed by atoms with Gasteiger partial charge in [-0.05, 0) is 42.5 Å². The Morgan fingerprint density at radius 2 is 2.04 bits per heavy atom. The van der Waals surface area contributed by atoms with Gasteiger partial charge in [0.05, 0.1) is 17.3 Å². The van der Waals surface area contributed by atoms with E-state index in [0.29, 0.717) is 13.1 Å². The monoisotopic (exact) mass is 363 g/mol. The number of pyridine rings is 2. The normalized spacial score (nSPS) is 17.0. The van der Waals surface area contributed by atoms with Crippen LogP contribution in [0, 0.1) is 0 Å². The number of nitrogens with zero attached hydrogens (tertiary/aromatic N) is 3. The number of hydrogen-bond acceptors (Lipinski definition) is 4. The summed E-state index contributed by atoms with van der Waals surface area (Å²) in [6.45, 7) is 2.94. The van der Waals surface area contributed by atoms with E-state index < -0.39 is 0 Å². The lowest BCUT2D eigenvalue weighted by Crippen LogP contribution is -2.34. The largest absolute Gasteiger partial charge is 0.377 e. The van der Waals surface area contributed by atoms with Crippen LogP contribution in [0.1, 0.15) is 24.1 Å². The highest BCUT2D eigenvalue weighted by atomic mass is 16.5. The van der Waals surface area contributed by atoms with Gasteiger partial charge in [0, 0.05) is 45.0 Å². The molecule has 3 heterocycles. The van der Waals surface area contributed by atoms with Crippen LogP contribution in [0.4, 0.5) is 0 Å². The van der Waals surface area contributed by atoms with Crippen LogP contribution >= 0.6 is 0 Å². The van der Waals surface area contributed by atoms with Gasteiger partial charge in [0.25, 0.3) is 5.56 Å². The second kappa shape index (κ2) is 8.03. The molecular weight excluding hydrogens is 338 g/mol. The number of para-hydroxylation sites is 1. The van der Waals surface area contributed by atoms with Crippen LogP contribution in [-0.4, -0.2) is 33.7 Å². The lowest BCUT2D eigenvalue weighted by molar-refractivity contribution is 0.0673. The predicted octanol–water partition coefficient (Wildman–Crippen LogP) is 3.11. The van der Waals surface area contributed by atoms with E-state index in [0.717, 1.165) is 48.2 Å². The molecule has 1 atom stereocenters. The Kier molecular flexibility index (Phi) is 5.32. The molecule has 1 unspecified atom stereocenters. The van der Waals surface area contributed by atoms with E-state index >= 15 is 0 Å². The van der Waals surface area contributed by atoms with Gasteiger partial charge >= 0.3 is 0 Å². The van der Waals surface area contributed by atoms with Crippen LogP contribution in [0.15, 0.2) is 59.5 Å². The van der Waals surface area contributed by atoms with Crippen LogP contribution in [0.25, 0.3) is 10.9 Å². The van der Waals surface area contributed by atoms with E-state index in [1.165, 1.54) is 0 Å². The quantitative estimate of drug-likeness (QED) is 0.675. The molecular formula is C22H25N3O2. The Hall–Kier alpha value is -2.50. The Morgan fingerprint density at radius 1 is 1.19 bits per heavy atom. The molecule has 3 aromatic rings. The zero-order chi connectivity index (χ0) is 18.6. The number of fused-ring (bicyclic) bond motifs is 1. The fourth-order valence-corrected chi connectivity index (χ4v) is 3.83. The van der Waals surface area contributed by atoms with Gasteiger partial charge in [-0.15, -0.1) is 0 Å². The molecule has 2 aromatic heterocycles. The Bertz CT molecular complexity index is 962. The van der Waals surface area contributed by atoms with Crippen molar-refractivity contribution in [2.24, 2.45) is 7.05 Å². The molecule has 4 rings (SSSR count). The first-order chi connectivity index (χ1) is 13.2. The molecule has 0 aliphatic carbocycles. The van der Waals surface area contributed by atoms with Gasteiger partial charge in [-0.2, -0.15) is 0 Å². The maximum Gasteiger partial charge on any atom is 0.255 e. The third-order valence-electron chi connectivity index (χ3n) is 5.20. The van der Waals surface area contributed by atoms with Crippen molar-refractivity contribution in [3.05, 3.63) is 76.3 Å². The van der Waals surface area contributed by atoms with Crippen molar-refractivity contribution in [1.82, 2.24) is 14.5 Å². The summed E-state index contributed by atoms with van der Waals surface area (Å²) in [6.07, 6.45) is 4.24. The standard InChI is InChI=1S/C22H25N3O2/c1-24-21-10-3-2-7-17(21)13-18(22(24)26)14-25(16-20-9-6-12-27-20)15-19-8-4-5-11-23-19/h2-5,7-8,10-11,13,20H,6,9,12,14-16H2,1H3. The highest BCUT2D eigenvalue weighted by Gasteiger charge is 2.21. The molecule has 0 radical (unpaired) electrons. The average Bonchev–Trinajstić information content (AvgIpc) is 3.20. The van der Waals surface area contributed by atoms with E-state index in [4.69, 9.17) is 4.74 Å². The molecule has 5 nitrogen and oxygen atoms in total. The minimum absolute atomic E-state index is 0.0621. The van der Waals surface area contributed by atoms with Crippen LogP contribution in [0.5, 0.6) is 0 Å². The minimum Gasteiger partial charge on any atom is -0.377 e. The van der Waals surface area contributed by atoms with Crippen molar-refractivity contribution in [2.75, 3.05) is 13.2 Å². The summed E-state index contributed by atoms with van der Waals surface area (Å²) in [5.41, 5.74) is 2.84. The van der Waals surface area contributed by atoms with E-state index in [9.17, 15) is 4.79 Å². The molecule has 0 saturated carbocycles. The average molecular weight is 363 g/mol. The van der Waals surface area contributed by atoms with E-state index in [2.05, 4.69) is 16.0 Å². The van der Waals surface area contributed by atoms with Crippen molar-refractivity contribution in [2.45, 2.75) is 32.0 Å². The predicted molar refractivity (Wildman–Crippen MR) is 107 cm³/mol. The summed E-state index contributed by atoms with van der Waals surface area (Å²) in [7, 11) is 1.84. The van der Waals surface area contributed by atoms with Gasteiger partial charge < -0.3 is 9.30 Å². The lowest BCUT2D eigenvalue weighted by atomic mass is 10.1. The molecule has 1 aliphatic rings. The van der Waals surface area contributed by atoms with Crippen LogP contribution in [0.3, 0.4) is 0 Å². The third kappa shape index (κ3) is 4.10. The first-order valence-corrected chi connectivity index (χ1v) is 9.52. The summed E-state index contributed by atoms with van der Waals surface area (Å²) >= 11 is 0. The highest BCUT2D eigenvalue weighted by Crippen LogP contribution is 2.18. The van der Waals surface area contributed by atoms with Gasteiger partial charge in [0.2, 0.25) is 0 Å². The zero-order valence-corrected chi connectivity index (χ0v) is 15.7. The summed E-state index contributed by atoms with van der Waals surface area (Å²) in [6, 6.07) is 16.0. The molecule has 140 valence electrons. The first kappa shape index (κ1) is 17.9. The van der Waals surface area contributed by atoms with Gasteiger partial charge in [-0.25, -0.2) is 0 Å². The van der Waals surface area contributed by atoms with E-state index in [1.807, 2.05) is 55.7 Å². The van der Waals surface area contributed by atoms with Crippen molar-refractivity contribution in [3.8, 4) is 0 Å². The SMILES string of the molecule is Cn1c(=O)c(CN(Cc2ccccn2)CC2CCCO2)cc2ccccc21. The maximum atomic E-state index is 12.9. The highest BCUT2D eigenvalue weighted by molar-refractivity contribution is 5.79. The summed E-state index contributed by atoms with van der Waals surface area (Å²) in [5.74, 6) is 0. The Labute approximate surface area is 159 Å². The summed E-state index contributed by atoms with van der Waals surface area (Å²) < 4.78 is 7.58. The minimum atomic E-state index is 0.0621. The number of hydrogen-bond donors (Lipinski definition) is 0. The van der Waals surface area contributed by atoms with Crippen molar-refractivity contribution in [1.29, 1.82) is 0 Å². The van der Waals surface area contributed by atoms with Crippen molar-refractivity contribution >= 4 is 10.9 Å². The molecule has 27 heavy (non-hydrogen) atoms. The van der Waals surface area contributed by atoms with Crippen LogP contribution < -0.4 is 5.56 Å². The molecule has 0 spiro atoms. The number of rotatable bonds is 6. The van der Waals surface area contributed by atoms with Gasteiger partial charge in [-0.1, -0.05) is 24.3 Å². The number of aromatic nitrogens is 2. The Balaban J connectivity index is 1.63. The second-order valence-corrected chi connectivity index (χ2v) is 7.22. The molecule has 1 aromatic carbocycles. The van der Waals surface area contributed by atoms with Crippen LogP contribution in [0.2, 0.25) is 0 Å². The number of aryl methyl sites for hydroxylation is 1. The fraction of sp³-hybridized carbons (Fsp3) is 0.364. The third-order valence-corrected chi connectivity index (χ3v) is 5.20. The molecule has 1 fully saturated rings. The maximum absolute atomic E-state index is 12.9. The van der Waals surface area contributed by atoms with Gasteiger partial charge in [-0.3, -0.25) is 14.7 Å². The second-order valence-electron chi connectivity index (χ2n) is 7.22. The van der Waals surface area contributed by atoms with Gasteiger partial charge in [0.15, 0.2) is 0 Å². The Morgan fingerprint density at radius 3 is 2.81 bits per heavy atom. The zero-order valence-electron chi connectivity index (χ0n) is 15.7. The topological polar surface area (TPSA) is 47.4 Å². The molecule has 0 amide bonds.